The van der Waals surface area contributed by atoms with Crippen molar-refractivity contribution in [2.24, 2.45) is 0 Å². The standard InChI is InChI=1S/C18H20ClN3O3/c1-11(18(24)22-14-6-4-13(19)5-7-14)20-16-10-15(21-12(2)23)8-9-17(16)25-3/h4-11,20H,1-3H3,(H,21,23)(H,22,24)/t11-/m1/s1. The minimum absolute atomic E-state index is 0.176. The van der Waals surface area contributed by atoms with Crippen LogP contribution in [0.3, 0.4) is 0 Å². The van der Waals surface area contributed by atoms with Crippen molar-refractivity contribution < 1.29 is 14.3 Å². The molecule has 3 N–H and O–H groups in total. The summed E-state index contributed by atoms with van der Waals surface area (Å²) >= 11 is 5.83. The summed E-state index contributed by atoms with van der Waals surface area (Å²) in [5, 5.41) is 9.19. The number of anilines is 3. The molecule has 0 heterocycles. The predicted octanol–water partition coefficient (Wildman–Crippen LogP) is 3.75. The van der Waals surface area contributed by atoms with Crippen molar-refractivity contribution in [3.8, 4) is 5.75 Å². The predicted molar refractivity (Wildman–Crippen MR) is 100 cm³/mol. The Morgan fingerprint density at radius 3 is 2.28 bits per heavy atom. The van der Waals surface area contributed by atoms with E-state index >= 15 is 0 Å². The number of hydrogen-bond donors (Lipinski definition) is 3. The van der Waals surface area contributed by atoms with Crippen molar-refractivity contribution in [3.63, 3.8) is 0 Å². The molecule has 0 unspecified atom stereocenters. The molecule has 0 spiro atoms. The number of hydrogen-bond acceptors (Lipinski definition) is 4. The molecule has 6 nitrogen and oxygen atoms in total. The van der Waals surface area contributed by atoms with E-state index in [2.05, 4.69) is 16.0 Å². The Morgan fingerprint density at radius 1 is 1.04 bits per heavy atom. The molecule has 0 aromatic heterocycles. The first kappa shape index (κ1) is 18.6. The van der Waals surface area contributed by atoms with Gasteiger partial charge in [-0.05, 0) is 49.4 Å². The lowest BCUT2D eigenvalue weighted by Gasteiger charge is -2.18. The molecule has 2 rings (SSSR count). The number of methoxy groups -OCH3 is 1. The summed E-state index contributed by atoms with van der Waals surface area (Å²) in [4.78, 5) is 23.5. The molecule has 0 aliphatic heterocycles. The van der Waals surface area contributed by atoms with Crippen molar-refractivity contribution in [3.05, 3.63) is 47.5 Å². The van der Waals surface area contributed by atoms with Gasteiger partial charge in [0.2, 0.25) is 11.8 Å². The van der Waals surface area contributed by atoms with Gasteiger partial charge in [-0.15, -0.1) is 0 Å². The zero-order chi connectivity index (χ0) is 18.4. The smallest absolute Gasteiger partial charge is 0.246 e. The average molecular weight is 362 g/mol. The maximum atomic E-state index is 12.3. The molecule has 2 amide bonds. The van der Waals surface area contributed by atoms with Crippen LogP contribution in [0, 0.1) is 0 Å². The summed E-state index contributed by atoms with van der Waals surface area (Å²) in [5.74, 6) is 0.180. The van der Waals surface area contributed by atoms with Crippen LogP contribution in [-0.2, 0) is 9.59 Å². The molecule has 0 saturated carbocycles. The molecule has 0 bridgehead atoms. The van der Waals surface area contributed by atoms with Gasteiger partial charge in [0, 0.05) is 23.3 Å². The second-order valence-electron chi connectivity index (χ2n) is 5.46. The van der Waals surface area contributed by atoms with E-state index in [9.17, 15) is 9.59 Å². The van der Waals surface area contributed by atoms with E-state index < -0.39 is 6.04 Å². The Kier molecular flexibility index (Phi) is 6.25. The fourth-order valence-electron chi connectivity index (χ4n) is 2.18. The first-order valence-corrected chi connectivity index (χ1v) is 8.05. The second kappa shape index (κ2) is 8.39. The van der Waals surface area contributed by atoms with Gasteiger partial charge < -0.3 is 20.7 Å². The molecule has 1 atom stereocenters. The molecule has 25 heavy (non-hydrogen) atoms. The monoisotopic (exact) mass is 361 g/mol. The lowest BCUT2D eigenvalue weighted by Crippen LogP contribution is -2.32. The fourth-order valence-corrected chi connectivity index (χ4v) is 2.31. The van der Waals surface area contributed by atoms with Crippen LogP contribution < -0.4 is 20.7 Å². The minimum Gasteiger partial charge on any atom is -0.495 e. The van der Waals surface area contributed by atoms with E-state index in [1.165, 1.54) is 14.0 Å². The molecule has 7 heteroatoms. The molecular formula is C18H20ClN3O3. The van der Waals surface area contributed by atoms with Crippen LogP contribution in [0.25, 0.3) is 0 Å². The Hall–Kier alpha value is -2.73. The van der Waals surface area contributed by atoms with Gasteiger partial charge in [-0.2, -0.15) is 0 Å². The second-order valence-corrected chi connectivity index (χ2v) is 5.89. The van der Waals surface area contributed by atoms with E-state index in [0.717, 1.165) is 0 Å². The number of benzene rings is 2. The summed E-state index contributed by atoms with van der Waals surface area (Å²) in [6, 6.07) is 11.5. The quantitative estimate of drug-likeness (QED) is 0.732. The number of nitrogens with one attached hydrogen (secondary N) is 3. The van der Waals surface area contributed by atoms with E-state index in [4.69, 9.17) is 16.3 Å². The summed E-state index contributed by atoms with van der Waals surface area (Å²) in [7, 11) is 1.54. The maximum absolute atomic E-state index is 12.3. The third kappa shape index (κ3) is 5.39. The highest BCUT2D eigenvalue weighted by molar-refractivity contribution is 6.30. The van der Waals surface area contributed by atoms with Crippen molar-refractivity contribution in [2.75, 3.05) is 23.1 Å². The zero-order valence-electron chi connectivity index (χ0n) is 14.2. The average Bonchev–Trinajstić information content (AvgIpc) is 2.56. The molecule has 0 aliphatic rings. The summed E-state index contributed by atoms with van der Waals surface area (Å²) in [6.45, 7) is 3.16. The third-order valence-electron chi connectivity index (χ3n) is 3.40. The minimum atomic E-state index is -0.530. The van der Waals surface area contributed by atoms with Gasteiger partial charge in [-0.1, -0.05) is 11.6 Å². The molecule has 2 aromatic carbocycles. The molecule has 0 saturated heterocycles. The van der Waals surface area contributed by atoms with Gasteiger partial charge >= 0.3 is 0 Å². The maximum Gasteiger partial charge on any atom is 0.246 e. The van der Waals surface area contributed by atoms with Crippen LogP contribution in [0.15, 0.2) is 42.5 Å². The van der Waals surface area contributed by atoms with Crippen molar-refractivity contribution in [1.82, 2.24) is 0 Å². The lowest BCUT2D eigenvalue weighted by atomic mass is 10.2. The van der Waals surface area contributed by atoms with Gasteiger partial charge in [0.05, 0.1) is 12.8 Å². The largest absolute Gasteiger partial charge is 0.495 e. The summed E-state index contributed by atoms with van der Waals surface area (Å²) in [5.41, 5.74) is 1.87. The number of rotatable bonds is 6. The van der Waals surface area contributed by atoms with E-state index in [-0.39, 0.29) is 11.8 Å². The van der Waals surface area contributed by atoms with Crippen LogP contribution in [0.4, 0.5) is 17.1 Å². The normalized spacial score (nSPS) is 11.4. The van der Waals surface area contributed by atoms with Gasteiger partial charge in [-0.3, -0.25) is 9.59 Å². The van der Waals surface area contributed by atoms with E-state index in [1.54, 1.807) is 49.4 Å². The molecular weight excluding hydrogens is 342 g/mol. The lowest BCUT2D eigenvalue weighted by molar-refractivity contribution is -0.116. The number of carbonyl (C=O) groups is 2. The van der Waals surface area contributed by atoms with E-state index in [0.29, 0.717) is 27.8 Å². The topological polar surface area (TPSA) is 79.5 Å². The molecule has 0 radical (unpaired) electrons. The number of ether oxygens (including phenoxy) is 1. The van der Waals surface area contributed by atoms with Gasteiger partial charge in [0.25, 0.3) is 0 Å². The Labute approximate surface area is 151 Å². The first-order chi connectivity index (χ1) is 11.9. The Morgan fingerprint density at radius 2 is 1.68 bits per heavy atom. The van der Waals surface area contributed by atoms with Crippen molar-refractivity contribution in [2.45, 2.75) is 19.9 Å². The van der Waals surface area contributed by atoms with Gasteiger partial charge in [-0.25, -0.2) is 0 Å². The third-order valence-corrected chi connectivity index (χ3v) is 3.65. The van der Waals surface area contributed by atoms with Crippen molar-refractivity contribution >= 4 is 40.5 Å². The first-order valence-electron chi connectivity index (χ1n) is 7.67. The van der Waals surface area contributed by atoms with Gasteiger partial charge in [0.1, 0.15) is 11.8 Å². The van der Waals surface area contributed by atoms with Crippen molar-refractivity contribution in [1.29, 1.82) is 0 Å². The molecule has 0 fully saturated rings. The van der Waals surface area contributed by atoms with Crippen LogP contribution in [0.2, 0.25) is 5.02 Å². The molecule has 132 valence electrons. The Balaban J connectivity index is 2.09. The van der Waals surface area contributed by atoms with Crippen LogP contribution in [0.5, 0.6) is 5.75 Å². The van der Waals surface area contributed by atoms with Crippen LogP contribution >= 0.6 is 11.6 Å². The highest BCUT2D eigenvalue weighted by Crippen LogP contribution is 2.28. The Bertz CT molecular complexity index is 763. The molecule has 0 aliphatic carbocycles. The molecule has 2 aromatic rings. The van der Waals surface area contributed by atoms with Crippen LogP contribution in [-0.4, -0.2) is 25.0 Å². The summed E-state index contributed by atoms with van der Waals surface area (Å²) in [6.07, 6.45) is 0. The zero-order valence-corrected chi connectivity index (χ0v) is 15.0. The number of amides is 2. The highest BCUT2D eigenvalue weighted by atomic mass is 35.5. The van der Waals surface area contributed by atoms with E-state index in [1.807, 2.05) is 0 Å². The highest BCUT2D eigenvalue weighted by Gasteiger charge is 2.15. The summed E-state index contributed by atoms with van der Waals surface area (Å²) < 4.78 is 5.30. The fraction of sp³-hybridized carbons (Fsp3) is 0.222. The number of halogens is 1. The van der Waals surface area contributed by atoms with Crippen LogP contribution in [0.1, 0.15) is 13.8 Å². The number of carbonyl (C=O) groups excluding carboxylic acids is 2. The SMILES string of the molecule is COc1ccc(NC(C)=O)cc1N[C@H](C)C(=O)Nc1ccc(Cl)cc1. The van der Waals surface area contributed by atoms with Gasteiger partial charge in [0.15, 0.2) is 0 Å².